The van der Waals surface area contributed by atoms with Crippen molar-refractivity contribution in [2.75, 3.05) is 52.5 Å². The summed E-state index contributed by atoms with van der Waals surface area (Å²) in [6.07, 6.45) is 1.91. The molecule has 0 aromatic carbocycles. The van der Waals surface area contributed by atoms with Gasteiger partial charge in [-0.1, -0.05) is 13.3 Å². The first-order chi connectivity index (χ1) is 12.1. The van der Waals surface area contributed by atoms with Crippen molar-refractivity contribution in [2.45, 2.75) is 19.8 Å². The lowest BCUT2D eigenvalue weighted by molar-refractivity contribution is 0.0264. The summed E-state index contributed by atoms with van der Waals surface area (Å²) in [5, 5.41) is 14.2. The highest BCUT2D eigenvalue weighted by atomic mass is 16.5. The van der Waals surface area contributed by atoms with Gasteiger partial charge in [-0.15, -0.1) is 0 Å². The van der Waals surface area contributed by atoms with Crippen LogP contribution in [0.3, 0.4) is 0 Å². The van der Waals surface area contributed by atoms with Crippen LogP contribution in [0.2, 0.25) is 0 Å². The SMILES string of the molecule is CCCc1cc(C(=O)N2C[C@@H](CN3CCOCC3)[C@@H](CO)C2)n(C)n1. The summed E-state index contributed by atoms with van der Waals surface area (Å²) < 4.78 is 7.10. The fraction of sp³-hybridized carbons (Fsp3) is 0.778. The molecule has 7 heteroatoms. The number of ether oxygens (including phenoxy) is 1. The largest absolute Gasteiger partial charge is 0.396 e. The zero-order chi connectivity index (χ0) is 17.8. The second-order valence-electron chi connectivity index (χ2n) is 7.22. The van der Waals surface area contributed by atoms with Crippen LogP contribution < -0.4 is 0 Å². The van der Waals surface area contributed by atoms with Gasteiger partial charge in [0, 0.05) is 52.3 Å². The van der Waals surface area contributed by atoms with Crippen LogP contribution in [-0.2, 0) is 18.2 Å². The maximum absolute atomic E-state index is 12.9. The molecule has 7 nitrogen and oxygen atoms in total. The van der Waals surface area contributed by atoms with E-state index in [2.05, 4.69) is 16.9 Å². The van der Waals surface area contributed by atoms with Gasteiger partial charge >= 0.3 is 0 Å². The fourth-order valence-electron chi connectivity index (χ4n) is 3.90. The molecule has 0 spiro atoms. The van der Waals surface area contributed by atoms with Crippen molar-refractivity contribution < 1.29 is 14.6 Å². The molecule has 3 rings (SSSR count). The highest BCUT2D eigenvalue weighted by Gasteiger charge is 2.37. The number of aromatic nitrogens is 2. The zero-order valence-electron chi connectivity index (χ0n) is 15.4. The summed E-state index contributed by atoms with van der Waals surface area (Å²) in [5.74, 6) is 0.491. The first-order valence-electron chi connectivity index (χ1n) is 9.35. The Hall–Kier alpha value is -1.44. The minimum absolute atomic E-state index is 0.0280. The topological polar surface area (TPSA) is 70.8 Å². The Morgan fingerprint density at radius 1 is 1.32 bits per heavy atom. The highest BCUT2D eigenvalue weighted by molar-refractivity contribution is 5.93. The van der Waals surface area contributed by atoms with Crippen LogP contribution in [0.1, 0.15) is 29.5 Å². The van der Waals surface area contributed by atoms with Crippen LogP contribution in [0.25, 0.3) is 0 Å². The molecule has 3 heterocycles. The maximum atomic E-state index is 12.9. The van der Waals surface area contributed by atoms with Crippen LogP contribution in [0.5, 0.6) is 0 Å². The van der Waals surface area contributed by atoms with E-state index in [1.165, 1.54) is 0 Å². The number of hydrogen-bond acceptors (Lipinski definition) is 5. The van der Waals surface area contributed by atoms with Gasteiger partial charge in [-0.25, -0.2) is 0 Å². The van der Waals surface area contributed by atoms with Gasteiger partial charge in [0.2, 0.25) is 0 Å². The molecule has 0 unspecified atom stereocenters. The van der Waals surface area contributed by atoms with Gasteiger partial charge in [0.05, 0.1) is 18.9 Å². The number of carbonyl (C=O) groups is 1. The Labute approximate surface area is 149 Å². The van der Waals surface area contributed by atoms with E-state index < -0.39 is 0 Å². The first kappa shape index (κ1) is 18.4. The van der Waals surface area contributed by atoms with E-state index in [0.717, 1.165) is 51.4 Å². The standard InChI is InChI=1S/C18H30N4O3/c1-3-4-16-9-17(20(2)19-16)18(24)22-11-14(15(12-22)13-23)10-21-5-7-25-8-6-21/h9,14-15,23H,3-8,10-13H2,1-2H3/t14-,15-/m1/s1. The Morgan fingerprint density at radius 3 is 2.72 bits per heavy atom. The number of carbonyl (C=O) groups excluding carboxylic acids is 1. The van der Waals surface area contributed by atoms with Crippen LogP contribution in [0.15, 0.2) is 6.07 Å². The van der Waals surface area contributed by atoms with Crippen LogP contribution in [0.4, 0.5) is 0 Å². The third-order valence-electron chi connectivity index (χ3n) is 5.35. The second kappa shape index (κ2) is 8.29. The van der Waals surface area contributed by atoms with Gasteiger partial charge < -0.3 is 14.7 Å². The van der Waals surface area contributed by atoms with E-state index in [-0.39, 0.29) is 18.4 Å². The Morgan fingerprint density at radius 2 is 2.04 bits per heavy atom. The average molecular weight is 350 g/mol. The van der Waals surface area contributed by atoms with Gasteiger partial charge in [0.1, 0.15) is 5.69 Å². The number of nitrogens with zero attached hydrogens (tertiary/aromatic N) is 4. The van der Waals surface area contributed by atoms with Crippen molar-refractivity contribution in [3.8, 4) is 0 Å². The second-order valence-corrected chi connectivity index (χ2v) is 7.22. The summed E-state index contributed by atoms with van der Waals surface area (Å²) in [6.45, 7) is 7.90. The van der Waals surface area contributed by atoms with Crippen molar-refractivity contribution in [3.05, 3.63) is 17.5 Å². The van der Waals surface area contributed by atoms with Crippen molar-refractivity contribution >= 4 is 5.91 Å². The van der Waals surface area contributed by atoms with Gasteiger partial charge in [-0.3, -0.25) is 14.4 Å². The van der Waals surface area contributed by atoms with Crippen LogP contribution in [0, 0.1) is 11.8 Å². The molecule has 1 aromatic heterocycles. The number of amides is 1. The molecule has 25 heavy (non-hydrogen) atoms. The first-order valence-corrected chi connectivity index (χ1v) is 9.35. The van der Waals surface area contributed by atoms with Crippen molar-refractivity contribution in [2.24, 2.45) is 18.9 Å². The van der Waals surface area contributed by atoms with Crippen LogP contribution >= 0.6 is 0 Å². The summed E-state index contributed by atoms with van der Waals surface area (Å²) >= 11 is 0. The number of rotatable bonds is 6. The maximum Gasteiger partial charge on any atom is 0.272 e. The summed E-state index contributed by atoms with van der Waals surface area (Å²) in [6, 6.07) is 1.91. The number of likely N-dealkylation sites (tertiary alicyclic amines) is 1. The molecule has 2 atom stereocenters. The molecule has 0 saturated carbocycles. The molecule has 0 radical (unpaired) electrons. The average Bonchev–Trinajstić information content (AvgIpc) is 3.19. The third kappa shape index (κ3) is 4.22. The Balaban J connectivity index is 1.65. The molecular weight excluding hydrogens is 320 g/mol. The number of aliphatic hydroxyl groups excluding tert-OH is 1. The third-order valence-corrected chi connectivity index (χ3v) is 5.35. The smallest absolute Gasteiger partial charge is 0.272 e. The lowest BCUT2D eigenvalue weighted by atomic mass is 9.96. The number of hydrogen-bond donors (Lipinski definition) is 1. The molecule has 1 aromatic rings. The summed E-state index contributed by atoms with van der Waals surface area (Å²) in [7, 11) is 1.83. The molecule has 140 valence electrons. The Kier molecular flexibility index (Phi) is 6.09. The summed E-state index contributed by atoms with van der Waals surface area (Å²) in [5.41, 5.74) is 1.61. The highest BCUT2D eigenvalue weighted by Crippen LogP contribution is 2.26. The summed E-state index contributed by atoms with van der Waals surface area (Å²) in [4.78, 5) is 17.2. The van der Waals surface area contributed by atoms with Crippen molar-refractivity contribution in [3.63, 3.8) is 0 Å². The van der Waals surface area contributed by atoms with Gasteiger partial charge in [-0.05, 0) is 18.4 Å². The van der Waals surface area contributed by atoms with E-state index in [1.807, 2.05) is 18.0 Å². The molecule has 0 aliphatic carbocycles. The zero-order valence-corrected chi connectivity index (χ0v) is 15.4. The minimum atomic E-state index is 0.0280. The lowest BCUT2D eigenvalue weighted by Crippen LogP contribution is -2.41. The van der Waals surface area contributed by atoms with Gasteiger partial charge in [-0.2, -0.15) is 5.10 Å². The number of morpholine rings is 1. The molecular formula is C18H30N4O3. The monoisotopic (exact) mass is 350 g/mol. The predicted octanol–water partition coefficient (Wildman–Crippen LogP) is 0.385. The minimum Gasteiger partial charge on any atom is -0.396 e. The van der Waals surface area contributed by atoms with E-state index in [9.17, 15) is 9.90 Å². The van der Waals surface area contributed by atoms with E-state index in [4.69, 9.17) is 4.74 Å². The fourth-order valence-corrected chi connectivity index (χ4v) is 3.90. The van der Waals surface area contributed by atoms with E-state index in [1.54, 1.807) is 4.68 Å². The van der Waals surface area contributed by atoms with Gasteiger partial charge in [0.25, 0.3) is 5.91 Å². The van der Waals surface area contributed by atoms with Gasteiger partial charge in [0.15, 0.2) is 0 Å². The molecule has 1 amide bonds. The molecule has 2 aliphatic rings. The lowest BCUT2D eigenvalue weighted by Gasteiger charge is -2.30. The quantitative estimate of drug-likeness (QED) is 0.803. The Bertz CT molecular complexity index is 583. The van der Waals surface area contributed by atoms with Crippen molar-refractivity contribution in [1.29, 1.82) is 0 Å². The molecule has 1 N–H and O–H groups in total. The normalized spacial score (nSPS) is 24.8. The molecule has 2 saturated heterocycles. The predicted molar refractivity (Wildman–Crippen MR) is 94.4 cm³/mol. The number of aryl methyl sites for hydroxylation is 2. The number of aliphatic hydroxyl groups is 1. The van der Waals surface area contributed by atoms with E-state index >= 15 is 0 Å². The van der Waals surface area contributed by atoms with Crippen LogP contribution in [-0.4, -0.2) is 83.1 Å². The molecule has 2 aliphatic heterocycles. The molecule has 0 bridgehead atoms. The van der Waals surface area contributed by atoms with Crippen molar-refractivity contribution in [1.82, 2.24) is 19.6 Å². The van der Waals surface area contributed by atoms with E-state index in [0.29, 0.717) is 24.7 Å². The molecule has 2 fully saturated rings.